The maximum absolute atomic E-state index is 12.7. The minimum Gasteiger partial charge on any atom is -0.464 e. The summed E-state index contributed by atoms with van der Waals surface area (Å²) in [5.41, 5.74) is -4.29. The second-order valence-electron chi connectivity index (χ2n) is 8.40. The molecule has 0 aromatic rings. The maximum Gasteiger partial charge on any atom is 0.318 e. The Morgan fingerprint density at radius 2 is 1.09 bits per heavy atom. The van der Waals surface area contributed by atoms with Crippen LogP contribution in [0.5, 0.6) is 0 Å². The number of ether oxygens (including phenoxy) is 5. The maximum atomic E-state index is 12.7. The topological polar surface area (TPSA) is 158 Å². The van der Waals surface area contributed by atoms with E-state index >= 15 is 0 Å². The minimum atomic E-state index is -1.58. The van der Waals surface area contributed by atoms with Gasteiger partial charge in [-0.05, 0) is 27.2 Å². The molecule has 0 aromatic carbocycles. The number of carbonyl (C=O) groups is 3. The Bertz CT molecular complexity index is 548. The predicted octanol–water partition coefficient (Wildman–Crippen LogP) is -0.315. The van der Waals surface area contributed by atoms with Gasteiger partial charge in [-0.2, -0.15) is 0 Å². The molecule has 0 bridgehead atoms. The molecule has 11 nitrogen and oxygen atoms in total. The Kier molecular flexibility index (Phi) is 13.6. The Labute approximate surface area is 188 Å². The van der Waals surface area contributed by atoms with Crippen LogP contribution in [0, 0.1) is 16.2 Å². The molecular formula is C21H38O11. The first-order chi connectivity index (χ1) is 15.0. The van der Waals surface area contributed by atoms with E-state index in [9.17, 15) is 29.7 Å². The summed E-state index contributed by atoms with van der Waals surface area (Å²) in [7, 11) is 1.52. The van der Waals surface area contributed by atoms with E-state index in [1.807, 2.05) is 0 Å². The number of methoxy groups -OCH3 is 1. The molecule has 0 amide bonds. The summed E-state index contributed by atoms with van der Waals surface area (Å²) in [6.45, 7) is 3.86. The molecule has 32 heavy (non-hydrogen) atoms. The van der Waals surface area contributed by atoms with Crippen LogP contribution in [0.4, 0.5) is 0 Å². The second kappa shape index (κ2) is 14.4. The second-order valence-corrected chi connectivity index (χ2v) is 8.40. The molecule has 0 rings (SSSR count). The SMILES string of the molecule is CCC(C)(CO)C(=O)OCC(C)(COC(=O)C(C)(CO)CO)C(=O)OCCOCCOC. The van der Waals surface area contributed by atoms with Crippen LogP contribution in [0.2, 0.25) is 0 Å². The van der Waals surface area contributed by atoms with Crippen LogP contribution in [-0.4, -0.2) is 99.8 Å². The fraction of sp³-hybridized carbons (Fsp3) is 0.857. The molecule has 188 valence electrons. The van der Waals surface area contributed by atoms with E-state index in [0.717, 1.165) is 0 Å². The quantitative estimate of drug-likeness (QED) is 0.147. The van der Waals surface area contributed by atoms with Crippen LogP contribution >= 0.6 is 0 Å². The third-order valence-corrected chi connectivity index (χ3v) is 5.24. The molecule has 0 fully saturated rings. The van der Waals surface area contributed by atoms with E-state index < -0.39 is 67.2 Å². The van der Waals surface area contributed by atoms with Crippen molar-refractivity contribution >= 4 is 17.9 Å². The zero-order chi connectivity index (χ0) is 24.8. The summed E-state index contributed by atoms with van der Waals surface area (Å²) in [5.74, 6) is -2.44. The predicted molar refractivity (Wildman–Crippen MR) is 111 cm³/mol. The molecule has 0 aromatic heterocycles. The van der Waals surface area contributed by atoms with Crippen LogP contribution in [-0.2, 0) is 38.1 Å². The number of aliphatic hydroxyl groups is 3. The Morgan fingerprint density at radius 1 is 0.656 bits per heavy atom. The van der Waals surface area contributed by atoms with Gasteiger partial charge in [-0.15, -0.1) is 0 Å². The van der Waals surface area contributed by atoms with Crippen molar-refractivity contribution in [3.05, 3.63) is 0 Å². The van der Waals surface area contributed by atoms with Gasteiger partial charge >= 0.3 is 17.9 Å². The fourth-order valence-electron chi connectivity index (χ4n) is 2.07. The van der Waals surface area contributed by atoms with Crippen molar-refractivity contribution in [1.82, 2.24) is 0 Å². The Hall–Kier alpha value is -1.79. The zero-order valence-corrected chi connectivity index (χ0v) is 19.7. The highest BCUT2D eigenvalue weighted by atomic mass is 16.6. The molecule has 3 N–H and O–H groups in total. The van der Waals surface area contributed by atoms with E-state index in [0.29, 0.717) is 19.6 Å². The number of rotatable bonds is 17. The van der Waals surface area contributed by atoms with Crippen LogP contribution in [0.3, 0.4) is 0 Å². The lowest BCUT2D eigenvalue weighted by atomic mass is 9.88. The normalized spacial score (nSPS) is 15.4. The molecule has 0 saturated heterocycles. The first-order valence-electron chi connectivity index (χ1n) is 10.4. The Balaban J connectivity index is 5.24. The zero-order valence-electron chi connectivity index (χ0n) is 19.7. The number of carbonyl (C=O) groups excluding carboxylic acids is 3. The highest BCUT2D eigenvalue weighted by Crippen LogP contribution is 2.27. The molecule has 0 spiro atoms. The van der Waals surface area contributed by atoms with Gasteiger partial charge in [0.2, 0.25) is 0 Å². The highest BCUT2D eigenvalue weighted by Gasteiger charge is 2.43. The lowest BCUT2D eigenvalue weighted by molar-refractivity contribution is -0.179. The van der Waals surface area contributed by atoms with Gasteiger partial charge in [0, 0.05) is 7.11 Å². The fourth-order valence-corrected chi connectivity index (χ4v) is 2.07. The van der Waals surface area contributed by atoms with Gasteiger partial charge < -0.3 is 39.0 Å². The molecule has 0 aliphatic heterocycles. The Morgan fingerprint density at radius 3 is 1.53 bits per heavy atom. The first-order valence-corrected chi connectivity index (χ1v) is 10.4. The van der Waals surface area contributed by atoms with Crippen molar-refractivity contribution in [2.45, 2.75) is 34.1 Å². The number of hydrogen-bond donors (Lipinski definition) is 3. The molecule has 0 aliphatic carbocycles. The van der Waals surface area contributed by atoms with Crippen LogP contribution in [0.1, 0.15) is 34.1 Å². The molecular weight excluding hydrogens is 428 g/mol. The molecule has 2 unspecified atom stereocenters. The van der Waals surface area contributed by atoms with Crippen molar-refractivity contribution in [3.63, 3.8) is 0 Å². The van der Waals surface area contributed by atoms with Gasteiger partial charge in [-0.3, -0.25) is 14.4 Å². The van der Waals surface area contributed by atoms with Crippen molar-refractivity contribution in [2.24, 2.45) is 16.2 Å². The average molecular weight is 467 g/mol. The van der Waals surface area contributed by atoms with Crippen molar-refractivity contribution < 1.29 is 53.4 Å². The smallest absolute Gasteiger partial charge is 0.318 e. The summed E-state index contributed by atoms with van der Waals surface area (Å²) >= 11 is 0. The van der Waals surface area contributed by atoms with Crippen LogP contribution in [0.15, 0.2) is 0 Å². The number of esters is 3. The van der Waals surface area contributed by atoms with Gasteiger partial charge in [0.15, 0.2) is 0 Å². The standard InChI is InChI=1S/C21H38O11/c1-6-19(2,11-22)16(25)31-14-21(4,15-32-17(26)20(3,12-23)13-24)18(27)30-10-9-29-8-7-28-5/h22-24H,6-15H2,1-5H3. The van der Waals surface area contributed by atoms with Crippen molar-refractivity contribution in [1.29, 1.82) is 0 Å². The van der Waals surface area contributed by atoms with Crippen molar-refractivity contribution in [2.75, 3.05) is 66.6 Å². The molecule has 2 atom stereocenters. The summed E-state index contributed by atoms with van der Waals surface area (Å²) in [4.78, 5) is 37.4. The first kappa shape index (κ1) is 30.2. The van der Waals surface area contributed by atoms with E-state index in [-0.39, 0.29) is 13.2 Å². The van der Waals surface area contributed by atoms with Crippen LogP contribution < -0.4 is 0 Å². The molecule has 0 saturated carbocycles. The van der Waals surface area contributed by atoms with Gasteiger partial charge in [-0.25, -0.2) is 0 Å². The van der Waals surface area contributed by atoms with E-state index in [4.69, 9.17) is 23.7 Å². The summed E-state index contributed by atoms with van der Waals surface area (Å²) in [5, 5.41) is 28.2. The number of hydrogen-bond acceptors (Lipinski definition) is 11. The summed E-state index contributed by atoms with van der Waals surface area (Å²) in [6, 6.07) is 0. The van der Waals surface area contributed by atoms with E-state index in [1.165, 1.54) is 27.9 Å². The van der Waals surface area contributed by atoms with Gasteiger partial charge in [0.1, 0.15) is 30.7 Å². The lowest BCUT2D eigenvalue weighted by Gasteiger charge is -2.31. The van der Waals surface area contributed by atoms with Gasteiger partial charge in [0.25, 0.3) is 0 Å². The molecule has 11 heteroatoms. The number of aliphatic hydroxyl groups excluding tert-OH is 3. The highest BCUT2D eigenvalue weighted by molar-refractivity contribution is 5.80. The third kappa shape index (κ3) is 8.99. The van der Waals surface area contributed by atoms with Crippen molar-refractivity contribution in [3.8, 4) is 0 Å². The average Bonchev–Trinajstić information content (AvgIpc) is 2.81. The van der Waals surface area contributed by atoms with Gasteiger partial charge in [0.05, 0.1) is 45.1 Å². The van der Waals surface area contributed by atoms with E-state index in [2.05, 4.69) is 0 Å². The molecule has 0 aliphatic rings. The monoisotopic (exact) mass is 466 g/mol. The third-order valence-electron chi connectivity index (χ3n) is 5.24. The minimum absolute atomic E-state index is 0.0889. The van der Waals surface area contributed by atoms with Crippen LogP contribution in [0.25, 0.3) is 0 Å². The molecule has 0 radical (unpaired) electrons. The van der Waals surface area contributed by atoms with Gasteiger partial charge in [-0.1, -0.05) is 6.92 Å². The summed E-state index contributed by atoms with van der Waals surface area (Å²) in [6.07, 6.45) is 0.308. The largest absolute Gasteiger partial charge is 0.464 e. The molecule has 0 heterocycles. The summed E-state index contributed by atoms with van der Waals surface area (Å²) < 4.78 is 25.7. The van der Waals surface area contributed by atoms with E-state index in [1.54, 1.807) is 6.92 Å². The lowest BCUT2D eigenvalue weighted by Crippen LogP contribution is -2.45.